The normalized spacial score (nSPS) is 20.3. The van der Waals surface area contributed by atoms with Crippen molar-refractivity contribution in [2.24, 2.45) is 5.73 Å². The number of nitrogens with zero attached hydrogens (tertiary/aromatic N) is 2. The quantitative estimate of drug-likeness (QED) is 0.911. The summed E-state index contributed by atoms with van der Waals surface area (Å²) in [4.78, 5) is 6.32. The summed E-state index contributed by atoms with van der Waals surface area (Å²) in [5.41, 5.74) is 7.73. The Morgan fingerprint density at radius 3 is 2.67 bits per heavy atom. The minimum absolute atomic E-state index is 0.120. The molecule has 1 aromatic heterocycles. The molecule has 4 heteroatoms. The Kier molecular flexibility index (Phi) is 4.25. The Morgan fingerprint density at radius 1 is 1.44 bits per heavy atom. The van der Waals surface area contributed by atoms with E-state index in [1.54, 1.807) is 12.4 Å². The highest BCUT2D eigenvalue weighted by atomic mass is 35.5. The van der Waals surface area contributed by atoms with Crippen LogP contribution in [0.3, 0.4) is 0 Å². The number of likely N-dealkylation sites (N-methyl/N-ethyl adjacent to an activating group) is 1. The second-order valence-electron chi connectivity index (χ2n) is 5.48. The molecule has 1 unspecified atom stereocenters. The molecule has 0 spiro atoms. The van der Waals surface area contributed by atoms with Gasteiger partial charge in [0.15, 0.2) is 0 Å². The zero-order valence-electron chi connectivity index (χ0n) is 11.2. The average Bonchev–Trinajstić information content (AvgIpc) is 2.82. The van der Waals surface area contributed by atoms with E-state index in [0.29, 0.717) is 0 Å². The summed E-state index contributed by atoms with van der Waals surface area (Å²) < 4.78 is 0. The number of nitrogens with two attached hydrogens (primary N) is 1. The first-order chi connectivity index (χ1) is 8.56. The van der Waals surface area contributed by atoms with Crippen LogP contribution in [0.15, 0.2) is 18.5 Å². The van der Waals surface area contributed by atoms with Crippen molar-refractivity contribution >= 4 is 11.6 Å². The fourth-order valence-electron chi connectivity index (χ4n) is 3.13. The standard InChI is InChI=1S/C14H22ClN3/c1-18(2)14(6-3-4-7-14)13(16)9-11-5-8-17-10-12(11)15/h5,8,10,13H,3-4,6-7,9,16H2,1-2H3. The summed E-state index contributed by atoms with van der Waals surface area (Å²) in [7, 11) is 4.28. The molecular formula is C14H22ClN3. The second-order valence-corrected chi connectivity index (χ2v) is 5.89. The lowest BCUT2D eigenvalue weighted by molar-refractivity contribution is 0.123. The van der Waals surface area contributed by atoms with Gasteiger partial charge in [-0.05, 0) is 45.0 Å². The van der Waals surface area contributed by atoms with E-state index in [2.05, 4.69) is 24.0 Å². The van der Waals surface area contributed by atoms with Crippen LogP contribution < -0.4 is 5.73 Å². The van der Waals surface area contributed by atoms with Crippen LogP contribution in [0, 0.1) is 0 Å². The third-order valence-corrected chi connectivity index (χ3v) is 4.69. The lowest BCUT2D eigenvalue weighted by Gasteiger charge is -2.41. The largest absolute Gasteiger partial charge is 0.326 e. The Morgan fingerprint density at radius 2 is 2.11 bits per heavy atom. The number of pyridine rings is 1. The van der Waals surface area contributed by atoms with Crippen LogP contribution in [0.1, 0.15) is 31.2 Å². The summed E-state index contributed by atoms with van der Waals surface area (Å²) >= 11 is 6.17. The van der Waals surface area contributed by atoms with Gasteiger partial charge in [-0.25, -0.2) is 0 Å². The molecule has 18 heavy (non-hydrogen) atoms. The van der Waals surface area contributed by atoms with E-state index in [1.165, 1.54) is 25.7 Å². The van der Waals surface area contributed by atoms with Gasteiger partial charge in [0.25, 0.3) is 0 Å². The molecule has 2 rings (SSSR count). The molecule has 1 aliphatic rings. The van der Waals surface area contributed by atoms with Crippen molar-refractivity contribution in [1.29, 1.82) is 0 Å². The Bertz CT molecular complexity index is 400. The maximum atomic E-state index is 6.50. The SMILES string of the molecule is CN(C)C1(C(N)Cc2ccncc2Cl)CCCC1. The van der Waals surface area contributed by atoms with Crippen LogP contribution >= 0.6 is 11.6 Å². The highest BCUT2D eigenvalue weighted by Gasteiger charge is 2.41. The van der Waals surface area contributed by atoms with Gasteiger partial charge in [-0.1, -0.05) is 24.4 Å². The highest BCUT2D eigenvalue weighted by Crippen LogP contribution is 2.37. The molecule has 2 N–H and O–H groups in total. The van der Waals surface area contributed by atoms with Crippen molar-refractivity contribution in [3.63, 3.8) is 0 Å². The van der Waals surface area contributed by atoms with Gasteiger partial charge in [-0.3, -0.25) is 4.98 Å². The molecule has 0 saturated heterocycles. The third-order valence-electron chi connectivity index (χ3n) is 4.35. The fourth-order valence-corrected chi connectivity index (χ4v) is 3.33. The average molecular weight is 268 g/mol. The molecule has 1 atom stereocenters. The number of rotatable bonds is 4. The lowest BCUT2D eigenvalue weighted by Crippen LogP contribution is -2.56. The first-order valence-electron chi connectivity index (χ1n) is 6.58. The Labute approximate surface area is 114 Å². The maximum absolute atomic E-state index is 6.50. The fraction of sp³-hybridized carbons (Fsp3) is 0.643. The van der Waals surface area contributed by atoms with Gasteiger partial charge in [-0.15, -0.1) is 0 Å². The van der Waals surface area contributed by atoms with E-state index in [1.807, 2.05) is 6.07 Å². The van der Waals surface area contributed by atoms with Gasteiger partial charge in [0.1, 0.15) is 0 Å². The van der Waals surface area contributed by atoms with Gasteiger partial charge < -0.3 is 10.6 Å². The van der Waals surface area contributed by atoms with Crippen LogP contribution in [-0.2, 0) is 6.42 Å². The number of hydrogen-bond donors (Lipinski definition) is 1. The van der Waals surface area contributed by atoms with Crippen LogP contribution in [0.2, 0.25) is 5.02 Å². The third kappa shape index (κ3) is 2.53. The van der Waals surface area contributed by atoms with Gasteiger partial charge in [0, 0.05) is 24.0 Å². The summed E-state index contributed by atoms with van der Waals surface area (Å²) in [6.45, 7) is 0. The molecule has 100 valence electrons. The van der Waals surface area contributed by atoms with E-state index in [0.717, 1.165) is 17.0 Å². The topological polar surface area (TPSA) is 42.1 Å². The molecule has 3 nitrogen and oxygen atoms in total. The van der Waals surface area contributed by atoms with Crippen LogP contribution in [-0.4, -0.2) is 35.6 Å². The summed E-state index contributed by atoms with van der Waals surface area (Å²) in [5, 5.41) is 0.722. The first-order valence-corrected chi connectivity index (χ1v) is 6.95. The Balaban J connectivity index is 2.16. The van der Waals surface area contributed by atoms with Crippen molar-refractivity contribution in [1.82, 2.24) is 9.88 Å². The first kappa shape index (κ1) is 13.8. The van der Waals surface area contributed by atoms with Gasteiger partial charge in [0.2, 0.25) is 0 Å². The molecule has 0 amide bonds. The van der Waals surface area contributed by atoms with E-state index in [4.69, 9.17) is 17.3 Å². The predicted molar refractivity (Wildman–Crippen MR) is 75.8 cm³/mol. The molecule has 0 aromatic carbocycles. The van der Waals surface area contributed by atoms with Crippen molar-refractivity contribution in [3.8, 4) is 0 Å². The molecule has 0 radical (unpaired) electrons. The van der Waals surface area contributed by atoms with E-state index in [9.17, 15) is 0 Å². The molecule has 1 aromatic rings. The maximum Gasteiger partial charge on any atom is 0.0621 e. The van der Waals surface area contributed by atoms with Gasteiger partial charge in [0.05, 0.1) is 5.02 Å². The molecule has 0 aliphatic heterocycles. The molecular weight excluding hydrogens is 246 g/mol. The molecule has 1 heterocycles. The zero-order valence-corrected chi connectivity index (χ0v) is 12.0. The summed E-state index contributed by atoms with van der Waals surface area (Å²) in [6, 6.07) is 2.09. The molecule has 1 aliphatic carbocycles. The van der Waals surface area contributed by atoms with Crippen molar-refractivity contribution in [2.75, 3.05) is 14.1 Å². The van der Waals surface area contributed by atoms with Crippen LogP contribution in [0.5, 0.6) is 0 Å². The van der Waals surface area contributed by atoms with E-state index in [-0.39, 0.29) is 11.6 Å². The number of halogens is 1. The van der Waals surface area contributed by atoms with Crippen LogP contribution in [0.4, 0.5) is 0 Å². The highest BCUT2D eigenvalue weighted by molar-refractivity contribution is 6.31. The summed E-state index contributed by atoms with van der Waals surface area (Å²) in [5.74, 6) is 0. The second kappa shape index (κ2) is 5.55. The van der Waals surface area contributed by atoms with E-state index >= 15 is 0 Å². The van der Waals surface area contributed by atoms with Crippen molar-refractivity contribution in [3.05, 3.63) is 29.0 Å². The predicted octanol–water partition coefficient (Wildman–Crippen LogP) is 2.48. The number of hydrogen-bond acceptors (Lipinski definition) is 3. The van der Waals surface area contributed by atoms with Crippen molar-refractivity contribution in [2.45, 2.75) is 43.7 Å². The van der Waals surface area contributed by atoms with Crippen LogP contribution in [0.25, 0.3) is 0 Å². The minimum atomic E-state index is 0.120. The molecule has 0 bridgehead atoms. The smallest absolute Gasteiger partial charge is 0.0621 e. The molecule has 1 fully saturated rings. The zero-order chi connectivity index (χ0) is 13.2. The number of aromatic nitrogens is 1. The van der Waals surface area contributed by atoms with Gasteiger partial charge >= 0.3 is 0 Å². The Hall–Kier alpha value is -0.640. The summed E-state index contributed by atoms with van der Waals surface area (Å²) in [6.07, 6.45) is 9.21. The monoisotopic (exact) mass is 267 g/mol. The van der Waals surface area contributed by atoms with Gasteiger partial charge in [-0.2, -0.15) is 0 Å². The molecule has 1 saturated carbocycles. The van der Waals surface area contributed by atoms with Crippen molar-refractivity contribution < 1.29 is 0 Å². The van der Waals surface area contributed by atoms with E-state index < -0.39 is 0 Å². The minimum Gasteiger partial charge on any atom is -0.326 e. The lowest BCUT2D eigenvalue weighted by atomic mass is 9.84.